The zero-order chi connectivity index (χ0) is 23.1. The molecule has 0 aliphatic rings. The van der Waals surface area contributed by atoms with Crippen molar-refractivity contribution in [3.63, 3.8) is 0 Å². The molecule has 0 atom stereocenters. The third-order valence-electron chi connectivity index (χ3n) is 4.73. The standard InChI is InChI=1S/C5H11.2C3H6O2.3C3H3O.O.Zr/c1-5(2,3)4;2*1-2-3-5-4;3*1-2-3-4;;/h1H2,2-4H3;2*2,4H,1,3H2;3*2H,1H2;;/q;;;;;;;+2/p-2. The molecule has 0 fully saturated rings. The van der Waals surface area contributed by atoms with Crippen LogP contribution in [0.15, 0.2) is 63.3 Å². The fourth-order valence-electron chi connectivity index (χ4n) is 3.81. The Morgan fingerprint density at radius 1 is 0.759 bits per heavy atom. The molecule has 0 heterocycles. The van der Waals surface area contributed by atoms with Crippen LogP contribution in [0.1, 0.15) is 20.8 Å². The van der Waals surface area contributed by atoms with Crippen LogP contribution in [0.4, 0.5) is 0 Å². The molecule has 0 aliphatic heterocycles. The van der Waals surface area contributed by atoms with Gasteiger partial charge in [-0.25, -0.2) is 0 Å². The van der Waals surface area contributed by atoms with Gasteiger partial charge in [-0.15, -0.1) is 0 Å². The molecule has 0 spiro atoms. The first-order valence-electron chi connectivity index (χ1n) is 8.82. The van der Waals surface area contributed by atoms with E-state index in [-0.39, 0.29) is 0 Å². The predicted octanol–water partition coefficient (Wildman–Crippen LogP) is 3.79. The summed E-state index contributed by atoms with van der Waals surface area (Å²) in [5.74, 6) is 0. The van der Waals surface area contributed by atoms with Crippen molar-refractivity contribution in [1.82, 2.24) is 0 Å². The van der Waals surface area contributed by atoms with Crippen molar-refractivity contribution in [2.45, 2.75) is 24.9 Å². The Labute approximate surface area is 166 Å². The summed E-state index contributed by atoms with van der Waals surface area (Å²) in [6.45, 7) is 20.3. The summed E-state index contributed by atoms with van der Waals surface area (Å²) in [6, 6.07) is 0. The molecule has 0 aromatic heterocycles. The summed E-state index contributed by atoms with van der Waals surface area (Å²) in [6.07, 6.45) is 3.85. The van der Waals surface area contributed by atoms with Crippen LogP contribution in [0.5, 0.6) is 0 Å². The molecule has 9 heteroatoms. The van der Waals surface area contributed by atoms with Crippen LogP contribution >= 0.6 is 0 Å². The average Bonchev–Trinajstić information content (AvgIpc) is 2.65. The van der Waals surface area contributed by atoms with Crippen molar-refractivity contribution in [1.29, 1.82) is 0 Å². The molecule has 0 saturated heterocycles. The van der Waals surface area contributed by atoms with Crippen molar-refractivity contribution >= 4 is 10.5 Å². The molecule has 0 rings (SSSR count). The van der Waals surface area contributed by atoms with Gasteiger partial charge in [0.15, 0.2) is 0 Å². The van der Waals surface area contributed by atoms with Gasteiger partial charge in [0.25, 0.3) is 0 Å². The summed E-state index contributed by atoms with van der Waals surface area (Å²) in [4.78, 5) is 50.4. The van der Waals surface area contributed by atoms with E-state index < -0.39 is 49.9 Å². The molecule has 0 amide bonds. The molecule has 0 bridgehead atoms. The van der Waals surface area contributed by atoms with Gasteiger partial charge in [0.1, 0.15) is 0 Å². The van der Waals surface area contributed by atoms with E-state index in [1.807, 2.05) is 0 Å². The molecule has 0 radical (unpaired) electrons. The Morgan fingerprint density at radius 3 is 1.28 bits per heavy atom. The normalized spacial score (nSPS) is 15.5. The molecule has 0 unspecified atom stereocenters. The van der Waals surface area contributed by atoms with Crippen LogP contribution in [-0.4, -0.2) is 23.7 Å². The first-order valence-corrected chi connectivity index (χ1v) is 17.3. The summed E-state index contributed by atoms with van der Waals surface area (Å²) in [5.41, 5.74) is -1.19. The zero-order valence-corrected chi connectivity index (χ0v) is 19.8. The third-order valence-corrected chi connectivity index (χ3v) is 24.9. The zero-order valence-electron chi connectivity index (χ0n) is 17.3. The molecule has 0 saturated carbocycles. The van der Waals surface area contributed by atoms with E-state index in [0.29, 0.717) is 18.2 Å². The van der Waals surface area contributed by atoms with Gasteiger partial charge in [0.05, 0.1) is 0 Å². The second-order valence-corrected chi connectivity index (χ2v) is 25.9. The van der Waals surface area contributed by atoms with Gasteiger partial charge in [-0.3, -0.25) is 0 Å². The number of carbonyl (C=O) groups excluding carboxylic acids is 3. The van der Waals surface area contributed by atoms with Crippen molar-refractivity contribution in [2.75, 3.05) is 13.2 Å². The number of hydrogen-bond donors (Lipinski definition) is 0. The first kappa shape index (κ1) is 27.2. The Balaban J connectivity index is 8.20. The molecule has 29 heavy (non-hydrogen) atoms. The van der Waals surface area contributed by atoms with Crippen LogP contribution in [-0.2, 0) is 49.6 Å². The Hall–Kier alpha value is -1.77. The molecule has 0 N–H and O–H groups in total. The van der Waals surface area contributed by atoms with Crippen LogP contribution in [0, 0.1) is 5.41 Å². The van der Waals surface area contributed by atoms with Gasteiger partial charge in [-0.05, 0) is 0 Å². The van der Waals surface area contributed by atoms with E-state index in [1.165, 1.54) is 32.9 Å². The van der Waals surface area contributed by atoms with Crippen LogP contribution < -0.4 is 0 Å². The fourth-order valence-corrected chi connectivity index (χ4v) is 22.1. The van der Waals surface area contributed by atoms with Gasteiger partial charge in [-0.1, -0.05) is 0 Å². The Kier molecular flexibility index (Phi) is 7.34. The van der Waals surface area contributed by atoms with Crippen molar-refractivity contribution in [3.8, 4) is 0 Å². The van der Waals surface area contributed by atoms with Gasteiger partial charge in [0, 0.05) is 0 Å². The molecular weight excluding hydrogens is 459 g/mol. The minimum absolute atomic E-state index is 0.452. The van der Waals surface area contributed by atoms with Crippen LogP contribution in [0.2, 0.25) is 4.13 Å². The Bertz CT molecular complexity index is 811. The topological polar surface area (TPSA) is 105 Å². The van der Waals surface area contributed by atoms with E-state index in [9.17, 15) is 14.4 Å². The van der Waals surface area contributed by atoms with Gasteiger partial charge in [0.2, 0.25) is 0 Å². The summed E-state index contributed by atoms with van der Waals surface area (Å²) in [7, 11) is 0. The number of allylic oxidation sites excluding steroid dienone is 3. The number of rotatable bonds is 15. The monoisotopic (exact) mass is 488 g/mol. The number of hydrogen-bond acceptors (Lipinski definition) is 8. The maximum atomic E-state index is 15.6. The average molecular weight is 490 g/mol. The number of carbonyl (C=O) groups is 3. The van der Waals surface area contributed by atoms with E-state index >= 15 is 2.81 Å². The Morgan fingerprint density at radius 2 is 1.07 bits per heavy atom. The second kappa shape index (κ2) is 7.81. The van der Waals surface area contributed by atoms with Gasteiger partial charge in [-0.2, -0.15) is 0 Å². The SMILES string of the molecule is C=CCO[O][Zr](=[O])([CH2]C(C)(C)C)([O]OCC=C)([C](=O)C=C)([C](=O)C=C)[C](=O)C=C. The van der Waals surface area contributed by atoms with Crippen LogP contribution in [0.25, 0.3) is 0 Å². The second-order valence-electron chi connectivity index (χ2n) is 8.26. The first-order chi connectivity index (χ1) is 13.2. The quantitative estimate of drug-likeness (QED) is 0.112. The summed E-state index contributed by atoms with van der Waals surface area (Å²) < 4.78 is 20.1. The van der Waals surface area contributed by atoms with Gasteiger partial charge < -0.3 is 0 Å². The molecular formula is C20H30O8Zr. The van der Waals surface area contributed by atoms with Crippen molar-refractivity contribution < 1.29 is 49.6 Å². The minimum atomic E-state index is -9.47. The van der Waals surface area contributed by atoms with E-state index in [4.69, 9.17) is 15.7 Å². The molecule has 0 aliphatic carbocycles. The van der Waals surface area contributed by atoms with E-state index in [1.54, 1.807) is 0 Å². The maximum absolute atomic E-state index is 15.6. The van der Waals surface area contributed by atoms with Gasteiger partial charge >= 0.3 is 167 Å². The molecule has 162 valence electrons. The van der Waals surface area contributed by atoms with Crippen molar-refractivity contribution in [2.24, 2.45) is 5.41 Å². The fraction of sp³-hybridized carbons (Fsp3) is 0.350. The van der Waals surface area contributed by atoms with E-state index in [2.05, 4.69) is 32.9 Å². The summed E-state index contributed by atoms with van der Waals surface area (Å²) >= 11 is -9.47. The predicted molar refractivity (Wildman–Crippen MR) is 105 cm³/mol. The molecule has 0 aromatic carbocycles. The summed E-state index contributed by atoms with van der Waals surface area (Å²) in [5, 5.41) is 0. The molecule has 0 aromatic rings. The van der Waals surface area contributed by atoms with Crippen LogP contribution in [0.3, 0.4) is 0 Å². The molecule has 8 nitrogen and oxygen atoms in total. The van der Waals surface area contributed by atoms with E-state index in [0.717, 1.165) is 0 Å². The van der Waals surface area contributed by atoms with Crippen molar-refractivity contribution in [3.05, 3.63) is 63.3 Å². The third kappa shape index (κ3) is 3.41.